The highest BCUT2D eigenvalue weighted by molar-refractivity contribution is 6.30. The molecule has 29 heavy (non-hydrogen) atoms. The molecule has 4 rings (SSSR count). The Morgan fingerprint density at radius 2 is 2.03 bits per heavy atom. The molecule has 4 amide bonds. The second-order valence-corrected chi connectivity index (χ2v) is 8.47. The number of hydrogen-bond acceptors (Lipinski definition) is 4. The van der Waals surface area contributed by atoms with Gasteiger partial charge in [0.05, 0.1) is 6.04 Å². The van der Waals surface area contributed by atoms with Crippen molar-refractivity contribution in [2.75, 3.05) is 18.4 Å². The van der Waals surface area contributed by atoms with Crippen LogP contribution in [-0.2, 0) is 9.59 Å². The van der Waals surface area contributed by atoms with Crippen molar-refractivity contribution in [3.05, 3.63) is 29.3 Å². The van der Waals surface area contributed by atoms with Gasteiger partial charge in [0.25, 0.3) is 0 Å². The zero-order chi connectivity index (χ0) is 20.4. The van der Waals surface area contributed by atoms with Gasteiger partial charge < -0.3 is 21.3 Å². The van der Waals surface area contributed by atoms with Crippen molar-refractivity contribution < 1.29 is 14.4 Å². The van der Waals surface area contributed by atoms with E-state index >= 15 is 0 Å². The van der Waals surface area contributed by atoms with Gasteiger partial charge in [0.2, 0.25) is 11.8 Å². The largest absolute Gasteiger partial charge is 0.353 e. The standard InChI is InChI=1S/C20H26ClN5O3/c21-12-2-1-3-14(8-12)24-20(29)25-15-9-17-19(28)22-10-16(26(17)11-15)6-7-18(27)23-13-4-5-13/h1-3,8,13,15-17H,4-7,9-11H2,(H,22,28)(H,23,27)(H2,24,25,29)/t15-,16-,17+/m1/s1. The summed E-state index contributed by atoms with van der Waals surface area (Å²) in [6.07, 6.45) is 3.85. The van der Waals surface area contributed by atoms with E-state index in [9.17, 15) is 14.4 Å². The van der Waals surface area contributed by atoms with Crippen molar-refractivity contribution in [1.82, 2.24) is 20.9 Å². The first-order valence-electron chi connectivity index (χ1n) is 10.1. The molecule has 3 atom stereocenters. The number of anilines is 1. The molecule has 0 radical (unpaired) electrons. The number of hydrogen-bond donors (Lipinski definition) is 4. The molecule has 1 saturated carbocycles. The maximum atomic E-state index is 12.3. The van der Waals surface area contributed by atoms with Crippen LogP contribution < -0.4 is 21.3 Å². The summed E-state index contributed by atoms with van der Waals surface area (Å²) < 4.78 is 0. The van der Waals surface area contributed by atoms with Gasteiger partial charge in [-0.1, -0.05) is 17.7 Å². The van der Waals surface area contributed by atoms with Crippen molar-refractivity contribution in [3.63, 3.8) is 0 Å². The van der Waals surface area contributed by atoms with Crippen molar-refractivity contribution in [2.24, 2.45) is 0 Å². The third kappa shape index (κ3) is 5.19. The fourth-order valence-electron chi connectivity index (χ4n) is 4.09. The Kier molecular flexibility index (Phi) is 5.91. The zero-order valence-electron chi connectivity index (χ0n) is 16.1. The lowest BCUT2D eigenvalue weighted by atomic mass is 10.0. The number of fused-ring (bicyclic) bond motifs is 1. The molecule has 2 saturated heterocycles. The van der Waals surface area contributed by atoms with Crippen LogP contribution in [0.15, 0.2) is 24.3 Å². The molecular weight excluding hydrogens is 394 g/mol. The molecule has 3 fully saturated rings. The fraction of sp³-hybridized carbons (Fsp3) is 0.550. The van der Waals surface area contributed by atoms with E-state index in [2.05, 4.69) is 26.2 Å². The van der Waals surface area contributed by atoms with Gasteiger partial charge in [-0.3, -0.25) is 14.5 Å². The number of nitrogens with one attached hydrogen (secondary N) is 4. The molecule has 0 spiro atoms. The monoisotopic (exact) mass is 419 g/mol. The summed E-state index contributed by atoms with van der Waals surface area (Å²) in [7, 11) is 0. The molecule has 0 aromatic heterocycles. The summed E-state index contributed by atoms with van der Waals surface area (Å²) in [6.45, 7) is 1.13. The fourth-order valence-corrected chi connectivity index (χ4v) is 4.28. The van der Waals surface area contributed by atoms with Crippen LogP contribution in [0.4, 0.5) is 10.5 Å². The van der Waals surface area contributed by atoms with E-state index in [1.165, 1.54) is 0 Å². The first kappa shape index (κ1) is 20.0. The van der Waals surface area contributed by atoms with E-state index in [0.717, 1.165) is 12.8 Å². The van der Waals surface area contributed by atoms with Crippen molar-refractivity contribution in [3.8, 4) is 0 Å². The van der Waals surface area contributed by atoms with Gasteiger partial charge in [-0.2, -0.15) is 0 Å². The smallest absolute Gasteiger partial charge is 0.319 e. The van der Waals surface area contributed by atoms with Crippen LogP contribution in [-0.4, -0.2) is 60.0 Å². The molecule has 2 heterocycles. The Labute approximate surface area is 174 Å². The van der Waals surface area contributed by atoms with Gasteiger partial charge in [0.15, 0.2) is 0 Å². The highest BCUT2D eigenvalue weighted by atomic mass is 35.5. The van der Waals surface area contributed by atoms with Crippen LogP contribution in [0.5, 0.6) is 0 Å². The van der Waals surface area contributed by atoms with Crippen LogP contribution in [0.25, 0.3) is 0 Å². The number of benzene rings is 1. The van der Waals surface area contributed by atoms with E-state index in [-0.39, 0.29) is 36.0 Å². The van der Waals surface area contributed by atoms with Crippen LogP contribution in [0.1, 0.15) is 32.1 Å². The average Bonchev–Trinajstić information content (AvgIpc) is 3.37. The average molecular weight is 420 g/mol. The summed E-state index contributed by atoms with van der Waals surface area (Å²) in [5.41, 5.74) is 0.614. The lowest BCUT2D eigenvalue weighted by Gasteiger charge is -2.37. The topological polar surface area (TPSA) is 103 Å². The normalized spacial score (nSPS) is 26.4. The molecule has 0 bridgehead atoms. The number of carbonyl (C=O) groups is 3. The lowest BCUT2D eigenvalue weighted by molar-refractivity contribution is -0.129. The second-order valence-electron chi connectivity index (χ2n) is 8.03. The maximum Gasteiger partial charge on any atom is 0.319 e. The van der Waals surface area contributed by atoms with Crippen LogP contribution >= 0.6 is 11.6 Å². The van der Waals surface area contributed by atoms with Gasteiger partial charge in [-0.25, -0.2) is 4.79 Å². The highest BCUT2D eigenvalue weighted by Crippen LogP contribution is 2.26. The van der Waals surface area contributed by atoms with Gasteiger partial charge in [-0.05, 0) is 43.9 Å². The number of amides is 4. The first-order chi connectivity index (χ1) is 14.0. The number of carbonyl (C=O) groups excluding carboxylic acids is 3. The SMILES string of the molecule is O=C(CC[C@@H]1CNC(=O)[C@@H]2C[C@@H](NC(=O)Nc3cccc(Cl)c3)CN12)NC1CC1. The van der Waals surface area contributed by atoms with Crippen molar-refractivity contribution in [2.45, 2.75) is 56.3 Å². The van der Waals surface area contributed by atoms with E-state index in [1.807, 2.05) is 0 Å². The summed E-state index contributed by atoms with van der Waals surface area (Å²) in [6, 6.07) is 6.69. The Bertz CT molecular complexity index is 800. The highest BCUT2D eigenvalue weighted by Gasteiger charge is 2.43. The summed E-state index contributed by atoms with van der Waals surface area (Å²) in [5.74, 6) is 0.0685. The molecule has 8 nitrogen and oxygen atoms in total. The lowest BCUT2D eigenvalue weighted by Crippen LogP contribution is -2.58. The number of piperazine rings is 1. The van der Waals surface area contributed by atoms with Gasteiger partial charge >= 0.3 is 6.03 Å². The van der Waals surface area contributed by atoms with E-state index < -0.39 is 0 Å². The number of urea groups is 1. The molecule has 9 heteroatoms. The minimum atomic E-state index is -0.321. The first-order valence-corrected chi connectivity index (χ1v) is 10.5. The predicted molar refractivity (Wildman–Crippen MR) is 110 cm³/mol. The molecule has 1 aromatic carbocycles. The summed E-state index contributed by atoms with van der Waals surface area (Å²) >= 11 is 5.95. The third-order valence-corrected chi connectivity index (χ3v) is 5.92. The third-order valence-electron chi connectivity index (χ3n) is 5.69. The van der Waals surface area contributed by atoms with E-state index in [4.69, 9.17) is 11.6 Å². The molecule has 3 aliphatic rings. The predicted octanol–water partition coefficient (Wildman–Crippen LogP) is 1.46. The molecule has 1 aliphatic carbocycles. The summed E-state index contributed by atoms with van der Waals surface area (Å²) in [4.78, 5) is 38.8. The minimum Gasteiger partial charge on any atom is -0.353 e. The Balaban J connectivity index is 1.30. The minimum absolute atomic E-state index is 0.0109. The van der Waals surface area contributed by atoms with E-state index in [0.29, 0.717) is 49.1 Å². The second kappa shape index (κ2) is 8.59. The Morgan fingerprint density at radius 3 is 2.79 bits per heavy atom. The van der Waals surface area contributed by atoms with Crippen LogP contribution in [0, 0.1) is 0 Å². The van der Waals surface area contributed by atoms with Crippen molar-refractivity contribution >= 4 is 35.1 Å². The number of halogens is 1. The van der Waals surface area contributed by atoms with Gasteiger partial charge in [0.1, 0.15) is 0 Å². The van der Waals surface area contributed by atoms with Crippen LogP contribution in [0.3, 0.4) is 0 Å². The molecule has 4 N–H and O–H groups in total. The van der Waals surface area contributed by atoms with Gasteiger partial charge in [-0.15, -0.1) is 0 Å². The molecule has 0 unspecified atom stereocenters. The van der Waals surface area contributed by atoms with E-state index in [1.54, 1.807) is 24.3 Å². The van der Waals surface area contributed by atoms with Gasteiger partial charge in [0, 0.05) is 48.3 Å². The Morgan fingerprint density at radius 1 is 1.21 bits per heavy atom. The zero-order valence-corrected chi connectivity index (χ0v) is 16.9. The van der Waals surface area contributed by atoms with Crippen molar-refractivity contribution in [1.29, 1.82) is 0 Å². The number of rotatable bonds is 6. The summed E-state index contributed by atoms with van der Waals surface area (Å²) in [5, 5.41) is 12.2. The maximum absolute atomic E-state index is 12.3. The molecule has 156 valence electrons. The Hall–Kier alpha value is -2.32. The van der Waals surface area contributed by atoms with Crippen LogP contribution in [0.2, 0.25) is 5.02 Å². The number of nitrogens with zero attached hydrogens (tertiary/aromatic N) is 1. The molecule has 1 aromatic rings. The quantitative estimate of drug-likeness (QED) is 0.560. The molecule has 2 aliphatic heterocycles. The molecular formula is C20H26ClN5O3.